The monoisotopic (exact) mass is 412 g/mol. The predicted octanol–water partition coefficient (Wildman–Crippen LogP) is 2.54. The van der Waals surface area contributed by atoms with E-state index in [0.29, 0.717) is 19.6 Å². The zero-order valence-electron chi connectivity index (χ0n) is 16.5. The van der Waals surface area contributed by atoms with Crippen LogP contribution in [0.1, 0.15) is 0 Å². The number of anilines is 2. The molecule has 152 valence electrons. The second-order valence-corrected chi connectivity index (χ2v) is 8.10. The zero-order chi connectivity index (χ0) is 20.4. The van der Waals surface area contributed by atoms with Gasteiger partial charge in [0.25, 0.3) is 0 Å². The van der Waals surface area contributed by atoms with Crippen molar-refractivity contribution in [1.82, 2.24) is 19.4 Å². The maximum absolute atomic E-state index is 12.7. The number of aromatic nitrogens is 2. The van der Waals surface area contributed by atoms with Gasteiger partial charge < -0.3 is 24.6 Å². The summed E-state index contributed by atoms with van der Waals surface area (Å²) in [6.07, 6.45) is 3.70. The molecule has 1 aliphatic rings. The van der Waals surface area contributed by atoms with Crippen molar-refractivity contribution in [1.29, 1.82) is 0 Å². The van der Waals surface area contributed by atoms with Crippen LogP contribution < -0.4 is 10.2 Å². The minimum absolute atomic E-state index is 0.0387. The third-order valence-corrected chi connectivity index (χ3v) is 5.92. The molecule has 1 aromatic carbocycles. The summed E-state index contributed by atoms with van der Waals surface area (Å²) < 4.78 is 1.92. The fourth-order valence-electron chi connectivity index (χ4n) is 3.38. The quantitative estimate of drug-likeness (QED) is 0.715. The van der Waals surface area contributed by atoms with Crippen LogP contribution in [0.15, 0.2) is 42.0 Å². The van der Waals surface area contributed by atoms with E-state index in [0.717, 1.165) is 34.8 Å². The number of likely N-dealkylation sites (N-methyl/N-ethyl adjacent to an activating group) is 1. The number of thiazole rings is 1. The summed E-state index contributed by atoms with van der Waals surface area (Å²) >= 11 is 1.62. The molecule has 0 aliphatic carbocycles. The second-order valence-electron chi connectivity index (χ2n) is 7.22. The molecule has 0 unspecified atom stereocenters. The predicted molar refractivity (Wildman–Crippen MR) is 116 cm³/mol. The SMILES string of the molecule is CN(C)C(=O)Cn1ccc2cc(NC(=O)N3CCN(c4nccs4)CC3)ccc21. The Balaban J connectivity index is 1.38. The highest BCUT2D eigenvalue weighted by Crippen LogP contribution is 2.22. The Morgan fingerprint density at radius 2 is 1.97 bits per heavy atom. The van der Waals surface area contributed by atoms with Gasteiger partial charge in [-0.2, -0.15) is 0 Å². The van der Waals surface area contributed by atoms with Crippen LogP contribution in [0.5, 0.6) is 0 Å². The largest absolute Gasteiger partial charge is 0.347 e. The number of amides is 3. The molecule has 1 N–H and O–H groups in total. The number of urea groups is 1. The fraction of sp³-hybridized carbons (Fsp3) is 0.350. The maximum atomic E-state index is 12.7. The third-order valence-electron chi connectivity index (χ3n) is 5.08. The van der Waals surface area contributed by atoms with Gasteiger partial charge in [0.1, 0.15) is 6.54 Å². The lowest BCUT2D eigenvalue weighted by Crippen LogP contribution is -2.50. The van der Waals surface area contributed by atoms with Crippen LogP contribution in [-0.4, -0.2) is 71.6 Å². The highest BCUT2D eigenvalue weighted by atomic mass is 32.1. The second kappa shape index (κ2) is 8.12. The van der Waals surface area contributed by atoms with Crippen LogP contribution in [0.3, 0.4) is 0 Å². The highest BCUT2D eigenvalue weighted by molar-refractivity contribution is 7.13. The number of hydrogen-bond acceptors (Lipinski definition) is 5. The summed E-state index contributed by atoms with van der Waals surface area (Å²) in [7, 11) is 3.50. The van der Waals surface area contributed by atoms with Crippen LogP contribution in [0.25, 0.3) is 10.9 Å². The van der Waals surface area contributed by atoms with Crippen molar-refractivity contribution < 1.29 is 9.59 Å². The van der Waals surface area contributed by atoms with E-state index in [2.05, 4.69) is 15.2 Å². The fourth-order valence-corrected chi connectivity index (χ4v) is 4.08. The standard InChI is InChI=1S/C20H24N6O2S/c1-23(2)18(27)14-26-7-5-15-13-16(3-4-17(15)26)22-19(28)24-8-10-25(11-9-24)20-21-6-12-29-20/h3-7,12-13H,8-11,14H2,1-2H3,(H,22,28). The van der Waals surface area contributed by atoms with Gasteiger partial charge in [0, 0.05) is 74.6 Å². The third kappa shape index (κ3) is 4.19. The zero-order valence-corrected chi connectivity index (χ0v) is 17.4. The Bertz CT molecular complexity index is 1010. The van der Waals surface area contributed by atoms with E-state index in [1.807, 2.05) is 45.3 Å². The summed E-state index contributed by atoms with van der Waals surface area (Å²) in [5.41, 5.74) is 1.72. The molecular weight excluding hydrogens is 388 g/mol. The van der Waals surface area contributed by atoms with Gasteiger partial charge in [-0.05, 0) is 24.3 Å². The summed E-state index contributed by atoms with van der Waals surface area (Å²) in [5.74, 6) is 0.0387. The first-order valence-electron chi connectivity index (χ1n) is 9.51. The molecule has 1 fully saturated rings. The molecular formula is C20H24N6O2S. The van der Waals surface area contributed by atoms with Crippen molar-refractivity contribution in [3.63, 3.8) is 0 Å². The summed E-state index contributed by atoms with van der Waals surface area (Å²) in [5, 5.41) is 6.96. The number of nitrogens with zero attached hydrogens (tertiary/aromatic N) is 5. The van der Waals surface area contributed by atoms with Gasteiger partial charge in [0.2, 0.25) is 5.91 Å². The number of rotatable bonds is 4. The van der Waals surface area contributed by atoms with Crippen molar-refractivity contribution >= 4 is 45.0 Å². The Labute approximate surface area is 173 Å². The van der Waals surface area contributed by atoms with Gasteiger partial charge in [0.15, 0.2) is 5.13 Å². The van der Waals surface area contributed by atoms with Crippen LogP contribution in [0.2, 0.25) is 0 Å². The van der Waals surface area contributed by atoms with Crippen molar-refractivity contribution in [2.75, 3.05) is 50.5 Å². The molecule has 2 aromatic heterocycles. The summed E-state index contributed by atoms with van der Waals surface area (Å²) in [6.45, 7) is 3.18. The molecule has 29 heavy (non-hydrogen) atoms. The molecule has 3 aromatic rings. The Morgan fingerprint density at radius 3 is 2.66 bits per heavy atom. The molecule has 1 saturated heterocycles. The molecule has 9 heteroatoms. The topological polar surface area (TPSA) is 73.7 Å². The number of carbonyl (C=O) groups is 2. The number of benzene rings is 1. The molecule has 3 amide bonds. The molecule has 0 bridgehead atoms. The van der Waals surface area contributed by atoms with E-state index in [-0.39, 0.29) is 11.9 Å². The smallest absolute Gasteiger partial charge is 0.321 e. The van der Waals surface area contributed by atoms with Gasteiger partial charge >= 0.3 is 6.03 Å². The number of fused-ring (bicyclic) bond motifs is 1. The van der Waals surface area contributed by atoms with Gasteiger partial charge in [-0.1, -0.05) is 0 Å². The first-order chi connectivity index (χ1) is 14.0. The van der Waals surface area contributed by atoms with Crippen molar-refractivity contribution in [2.45, 2.75) is 6.54 Å². The highest BCUT2D eigenvalue weighted by Gasteiger charge is 2.22. The normalized spacial score (nSPS) is 14.3. The lowest BCUT2D eigenvalue weighted by Gasteiger charge is -2.34. The lowest BCUT2D eigenvalue weighted by molar-refractivity contribution is -0.129. The van der Waals surface area contributed by atoms with Crippen LogP contribution in [0, 0.1) is 0 Å². The Kier molecular flexibility index (Phi) is 5.39. The van der Waals surface area contributed by atoms with Crippen LogP contribution in [-0.2, 0) is 11.3 Å². The Morgan fingerprint density at radius 1 is 1.17 bits per heavy atom. The van der Waals surface area contributed by atoms with Crippen LogP contribution >= 0.6 is 11.3 Å². The lowest BCUT2D eigenvalue weighted by atomic mass is 10.2. The number of piperazine rings is 1. The minimum atomic E-state index is -0.0923. The average Bonchev–Trinajstić information content (AvgIpc) is 3.38. The Hall–Kier alpha value is -3.07. The van der Waals surface area contributed by atoms with Gasteiger partial charge in [-0.3, -0.25) is 4.79 Å². The van der Waals surface area contributed by atoms with Crippen LogP contribution in [0.4, 0.5) is 15.6 Å². The molecule has 0 spiro atoms. The summed E-state index contributed by atoms with van der Waals surface area (Å²) in [4.78, 5) is 34.6. The van der Waals surface area contributed by atoms with E-state index in [9.17, 15) is 9.59 Å². The average molecular weight is 413 g/mol. The van der Waals surface area contributed by atoms with Gasteiger partial charge in [-0.15, -0.1) is 11.3 Å². The molecule has 0 radical (unpaired) electrons. The van der Waals surface area contributed by atoms with E-state index in [1.54, 1.807) is 36.5 Å². The van der Waals surface area contributed by atoms with E-state index in [4.69, 9.17) is 0 Å². The van der Waals surface area contributed by atoms with E-state index in [1.165, 1.54) is 0 Å². The minimum Gasteiger partial charge on any atom is -0.347 e. The van der Waals surface area contributed by atoms with Crippen molar-refractivity contribution in [3.8, 4) is 0 Å². The maximum Gasteiger partial charge on any atom is 0.321 e. The van der Waals surface area contributed by atoms with Crippen molar-refractivity contribution in [2.24, 2.45) is 0 Å². The molecule has 8 nitrogen and oxygen atoms in total. The molecule has 3 heterocycles. The molecule has 0 atom stereocenters. The van der Waals surface area contributed by atoms with E-state index < -0.39 is 0 Å². The summed E-state index contributed by atoms with van der Waals surface area (Å²) in [6, 6.07) is 7.62. The molecule has 4 rings (SSSR count). The van der Waals surface area contributed by atoms with Gasteiger partial charge in [-0.25, -0.2) is 9.78 Å². The van der Waals surface area contributed by atoms with E-state index >= 15 is 0 Å². The number of carbonyl (C=O) groups excluding carboxylic acids is 2. The number of hydrogen-bond donors (Lipinski definition) is 1. The van der Waals surface area contributed by atoms with Crippen molar-refractivity contribution in [3.05, 3.63) is 42.0 Å². The molecule has 1 aliphatic heterocycles. The number of nitrogens with one attached hydrogen (secondary N) is 1. The molecule has 0 saturated carbocycles. The van der Waals surface area contributed by atoms with Gasteiger partial charge in [0.05, 0.1) is 0 Å². The first-order valence-corrected chi connectivity index (χ1v) is 10.4. The first kappa shape index (κ1) is 19.3.